The molecule has 7 heteroatoms. The zero-order chi connectivity index (χ0) is 14.4. The summed E-state index contributed by atoms with van der Waals surface area (Å²) in [6, 6.07) is 1.94. The largest absolute Gasteiger partial charge is 0.376 e. The van der Waals surface area contributed by atoms with Crippen molar-refractivity contribution in [2.75, 3.05) is 30.0 Å². The predicted molar refractivity (Wildman–Crippen MR) is 82.9 cm³/mol. The second-order valence-corrected chi connectivity index (χ2v) is 6.37. The Morgan fingerprint density at radius 2 is 2.52 bits per heavy atom. The molecule has 3 N–H and O–H groups in total. The zero-order valence-corrected chi connectivity index (χ0v) is 12.3. The minimum atomic E-state index is -0.391. The maximum absolute atomic E-state index is 11.8. The fraction of sp³-hybridized carbons (Fsp3) is 0.429. The van der Waals surface area contributed by atoms with E-state index in [-0.39, 0.29) is 6.10 Å². The number of nitrogens with zero attached hydrogens (tertiary/aromatic N) is 2. The van der Waals surface area contributed by atoms with Gasteiger partial charge in [-0.3, -0.25) is 4.79 Å². The maximum atomic E-state index is 11.8. The van der Waals surface area contributed by atoms with Crippen molar-refractivity contribution in [2.45, 2.75) is 18.9 Å². The number of nitrogens with two attached hydrogens (primary N) is 1. The van der Waals surface area contributed by atoms with E-state index in [1.165, 1.54) is 11.3 Å². The van der Waals surface area contributed by atoms with Gasteiger partial charge in [0.05, 0.1) is 23.8 Å². The molecule has 0 spiro atoms. The van der Waals surface area contributed by atoms with E-state index in [1.807, 2.05) is 6.07 Å². The highest BCUT2D eigenvalue weighted by Gasteiger charge is 2.29. The van der Waals surface area contributed by atoms with Crippen molar-refractivity contribution < 1.29 is 9.53 Å². The molecule has 0 bridgehead atoms. The molecule has 110 valence electrons. The summed E-state index contributed by atoms with van der Waals surface area (Å²) >= 11 is 1.36. The van der Waals surface area contributed by atoms with E-state index < -0.39 is 5.91 Å². The summed E-state index contributed by atoms with van der Waals surface area (Å²) in [5.74, 6) is -0.391. The Hall–Kier alpha value is -1.86. The summed E-state index contributed by atoms with van der Waals surface area (Å²) in [6.07, 6.45) is 4.15. The van der Waals surface area contributed by atoms with Crippen LogP contribution in [0.4, 0.5) is 11.4 Å². The van der Waals surface area contributed by atoms with Crippen molar-refractivity contribution in [1.29, 1.82) is 0 Å². The first kappa shape index (κ1) is 12.8. The number of rotatable bonds is 3. The Morgan fingerprint density at radius 1 is 1.62 bits per heavy atom. The first-order chi connectivity index (χ1) is 10.2. The molecule has 1 unspecified atom stereocenters. The van der Waals surface area contributed by atoms with E-state index in [2.05, 4.69) is 15.2 Å². The van der Waals surface area contributed by atoms with Gasteiger partial charge in [0, 0.05) is 25.0 Å². The number of primary amides is 1. The Bertz CT molecular complexity index is 708. The molecule has 1 atom stereocenters. The number of carbonyl (C=O) groups excluding carboxylic acids is 1. The van der Waals surface area contributed by atoms with Gasteiger partial charge in [-0.05, 0) is 18.9 Å². The third-order valence-electron chi connectivity index (χ3n) is 4.02. The number of ether oxygens (including phenoxy) is 1. The van der Waals surface area contributed by atoms with E-state index in [0.29, 0.717) is 11.5 Å². The van der Waals surface area contributed by atoms with Gasteiger partial charge in [-0.25, -0.2) is 4.98 Å². The van der Waals surface area contributed by atoms with Crippen LogP contribution in [-0.2, 0) is 4.74 Å². The van der Waals surface area contributed by atoms with Crippen LogP contribution in [0.2, 0.25) is 0 Å². The monoisotopic (exact) mass is 304 g/mol. The number of thiophene rings is 1. The van der Waals surface area contributed by atoms with Gasteiger partial charge < -0.3 is 20.7 Å². The van der Waals surface area contributed by atoms with E-state index in [4.69, 9.17) is 10.5 Å². The van der Waals surface area contributed by atoms with Crippen LogP contribution in [-0.4, -0.2) is 36.8 Å². The van der Waals surface area contributed by atoms with Gasteiger partial charge in [-0.15, -0.1) is 11.3 Å². The second kappa shape index (κ2) is 4.85. The van der Waals surface area contributed by atoms with Crippen LogP contribution in [0.3, 0.4) is 0 Å². The van der Waals surface area contributed by atoms with Gasteiger partial charge in [0.2, 0.25) is 0 Å². The number of hydrogen-bond acceptors (Lipinski definition) is 6. The molecule has 0 saturated carbocycles. The number of nitrogens with one attached hydrogen (secondary N) is 1. The second-order valence-electron chi connectivity index (χ2n) is 5.38. The molecule has 0 radical (unpaired) electrons. The molecule has 2 aromatic heterocycles. The lowest BCUT2D eigenvalue weighted by Crippen LogP contribution is -2.38. The molecule has 6 nitrogen and oxygen atoms in total. The van der Waals surface area contributed by atoms with E-state index >= 15 is 0 Å². The number of anilines is 2. The first-order valence-corrected chi connectivity index (χ1v) is 7.87. The maximum Gasteiger partial charge on any atom is 0.261 e. The average Bonchev–Trinajstić information content (AvgIpc) is 3.10. The van der Waals surface area contributed by atoms with Crippen molar-refractivity contribution in [1.82, 2.24) is 4.98 Å². The topological polar surface area (TPSA) is 80.5 Å². The van der Waals surface area contributed by atoms with Crippen molar-refractivity contribution in [3.63, 3.8) is 0 Å². The van der Waals surface area contributed by atoms with E-state index in [0.717, 1.165) is 47.6 Å². The molecule has 1 amide bonds. The average molecular weight is 304 g/mol. The fourth-order valence-electron chi connectivity index (χ4n) is 3.07. The summed E-state index contributed by atoms with van der Waals surface area (Å²) < 4.78 is 5.72. The van der Waals surface area contributed by atoms with Crippen LogP contribution in [0.15, 0.2) is 12.3 Å². The van der Waals surface area contributed by atoms with Crippen LogP contribution in [0.5, 0.6) is 0 Å². The van der Waals surface area contributed by atoms with Crippen LogP contribution >= 0.6 is 11.3 Å². The Balaban J connectivity index is 1.81. The third kappa shape index (κ3) is 2.04. The Kier molecular flexibility index (Phi) is 2.97. The summed E-state index contributed by atoms with van der Waals surface area (Å²) in [4.78, 5) is 19.8. The van der Waals surface area contributed by atoms with Crippen molar-refractivity contribution in [2.24, 2.45) is 5.73 Å². The molecule has 2 aliphatic heterocycles. The number of hydrogen-bond donors (Lipinski definition) is 2. The third-order valence-corrected chi connectivity index (χ3v) is 5.12. The predicted octanol–water partition coefficient (Wildman–Crippen LogP) is 1.76. The number of aromatic nitrogens is 1. The van der Waals surface area contributed by atoms with E-state index in [1.54, 1.807) is 6.20 Å². The lowest BCUT2D eigenvalue weighted by molar-refractivity contribution is 0.100. The summed E-state index contributed by atoms with van der Waals surface area (Å²) in [5, 5.41) is 4.39. The highest BCUT2D eigenvalue weighted by molar-refractivity contribution is 7.21. The molecule has 21 heavy (non-hydrogen) atoms. The normalized spacial score (nSPS) is 20.8. The van der Waals surface area contributed by atoms with Gasteiger partial charge >= 0.3 is 0 Å². The van der Waals surface area contributed by atoms with Crippen LogP contribution in [0.1, 0.15) is 22.5 Å². The number of amides is 1. The lowest BCUT2D eigenvalue weighted by atomic mass is 10.1. The minimum Gasteiger partial charge on any atom is -0.376 e. The SMILES string of the molecule is NC(=O)c1sc2nccc3c2c1N(CC1CCCO1)CN3. The van der Waals surface area contributed by atoms with Crippen LogP contribution in [0, 0.1) is 0 Å². The van der Waals surface area contributed by atoms with Gasteiger partial charge in [0.25, 0.3) is 5.91 Å². The summed E-state index contributed by atoms with van der Waals surface area (Å²) in [6.45, 7) is 2.25. The molecule has 4 heterocycles. The molecule has 2 aliphatic rings. The highest BCUT2D eigenvalue weighted by atomic mass is 32.1. The smallest absolute Gasteiger partial charge is 0.261 e. The molecule has 0 aliphatic carbocycles. The van der Waals surface area contributed by atoms with E-state index in [9.17, 15) is 4.79 Å². The van der Waals surface area contributed by atoms with Crippen LogP contribution < -0.4 is 16.0 Å². The molecular formula is C14H16N4O2S. The first-order valence-electron chi connectivity index (χ1n) is 7.06. The summed E-state index contributed by atoms with van der Waals surface area (Å²) in [7, 11) is 0. The molecule has 4 rings (SSSR count). The molecular weight excluding hydrogens is 288 g/mol. The standard InChI is InChI=1S/C14H16N4O2S/c15-13(19)12-11-10-9(3-4-16-14(10)21-12)17-7-18(11)6-8-2-1-5-20-8/h3-4,8,17H,1-2,5-7H2,(H2,15,19). The molecule has 1 fully saturated rings. The van der Waals surface area contributed by atoms with Crippen molar-refractivity contribution in [3.8, 4) is 0 Å². The summed E-state index contributed by atoms with van der Waals surface area (Å²) in [5.41, 5.74) is 7.50. The van der Waals surface area contributed by atoms with Gasteiger partial charge in [-0.1, -0.05) is 0 Å². The van der Waals surface area contributed by atoms with Crippen molar-refractivity contribution in [3.05, 3.63) is 17.1 Å². The molecule has 1 saturated heterocycles. The highest BCUT2D eigenvalue weighted by Crippen LogP contribution is 2.43. The van der Waals surface area contributed by atoms with Crippen molar-refractivity contribution >= 4 is 38.8 Å². The van der Waals surface area contributed by atoms with Gasteiger partial charge in [-0.2, -0.15) is 0 Å². The Morgan fingerprint density at radius 3 is 3.29 bits per heavy atom. The minimum absolute atomic E-state index is 0.223. The molecule has 2 aromatic rings. The quantitative estimate of drug-likeness (QED) is 0.903. The number of pyridine rings is 1. The van der Waals surface area contributed by atoms with Gasteiger partial charge in [0.1, 0.15) is 9.71 Å². The Labute approximate surface area is 125 Å². The number of carbonyl (C=O) groups is 1. The fourth-order valence-corrected chi connectivity index (χ4v) is 4.12. The zero-order valence-electron chi connectivity index (χ0n) is 11.5. The lowest BCUT2D eigenvalue weighted by Gasteiger charge is -2.32. The van der Waals surface area contributed by atoms with Gasteiger partial charge in [0.15, 0.2) is 0 Å². The molecule has 0 aromatic carbocycles. The van der Waals surface area contributed by atoms with Crippen LogP contribution in [0.25, 0.3) is 10.2 Å².